The molecule has 110 valence electrons. The molecule has 0 bridgehead atoms. The molecular weight excluding hydrogens is 312 g/mol. The molecule has 0 rings (SSSR count). The van der Waals surface area contributed by atoms with Gasteiger partial charge in [-0.1, -0.05) is 60.8 Å². The van der Waals surface area contributed by atoms with Crippen LogP contribution in [0.2, 0.25) is 0 Å². The summed E-state index contributed by atoms with van der Waals surface area (Å²) in [4.78, 5) is 24.2. The zero-order chi connectivity index (χ0) is 15.1. The minimum Gasteiger partial charge on any atom is -0.481 e. The van der Waals surface area contributed by atoms with Crippen LogP contribution in [0.25, 0.3) is 0 Å². The van der Waals surface area contributed by atoms with Crippen LogP contribution in [-0.2, 0) is 9.59 Å². The van der Waals surface area contributed by atoms with Crippen molar-refractivity contribution in [3.8, 4) is 0 Å². The van der Waals surface area contributed by atoms with Crippen LogP contribution in [0.1, 0.15) is 26.7 Å². The fourth-order valence-electron chi connectivity index (χ4n) is 1.44. The van der Waals surface area contributed by atoms with Crippen molar-refractivity contribution >= 4 is 46.7 Å². The first-order chi connectivity index (χ1) is 8.73. The normalized spacial score (nSPS) is 13.5. The number of allylic oxidation sites excluding steroid dienone is 1. The number of halogens is 3. The highest BCUT2D eigenvalue weighted by Gasteiger charge is 2.36. The predicted molar refractivity (Wildman–Crippen MR) is 77.7 cm³/mol. The van der Waals surface area contributed by atoms with Crippen molar-refractivity contribution in [2.75, 3.05) is 13.1 Å². The van der Waals surface area contributed by atoms with E-state index in [-0.39, 0.29) is 13.1 Å². The largest absolute Gasteiger partial charge is 0.481 e. The van der Waals surface area contributed by atoms with Gasteiger partial charge in [-0.05, 0) is 12.8 Å². The Kier molecular flexibility index (Phi) is 8.46. The molecule has 4 nitrogen and oxygen atoms in total. The van der Waals surface area contributed by atoms with Crippen molar-refractivity contribution in [1.82, 2.24) is 4.90 Å². The summed E-state index contributed by atoms with van der Waals surface area (Å²) < 4.78 is -2.07. The van der Waals surface area contributed by atoms with E-state index in [1.807, 2.05) is 13.0 Å². The molecule has 1 unspecified atom stereocenters. The highest BCUT2D eigenvalue weighted by molar-refractivity contribution is 6.76. The molecule has 0 saturated heterocycles. The Balaban J connectivity index is 4.90. The number of alkyl halides is 3. The van der Waals surface area contributed by atoms with Gasteiger partial charge >= 0.3 is 5.97 Å². The second kappa shape index (κ2) is 8.67. The Morgan fingerprint density at radius 2 is 1.84 bits per heavy atom. The average molecular weight is 331 g/mol. The maximum atomic E-state index is 11.9. The molecule has 0 radical (unpaired) electrons. The number of aliphatic carboxylic acids is 1. The van der Waals surface area contributed by atoms with Crippen molar-refractivity contribution in [3.63, 3.8) is 0 Å². The van der Waals surface area contributed by atoms with Gasteiger partial charge in [0.15, 0.2) is 0 Å². The zero-order valence-electron chi connectivity index (χ0n) is 10.9. The lowest BCUT2D eigenvalue weighted by molar-refractivity contribution is -0.143. The first-order valence-corrected chi connectivity index (χ1v) is 7.11. The number of carbonyl (C=O) groups excluding carboxylic acids is 1. The summed E-state index contributed by atoms with van der Waals surface area (Å²) in [7, 11) is 0. The molecule has 0 aromatic rings. The van der Waals surface area contributed by atoms with Crippen LogP contribution >= 0.6 is 34.8 Å². The smallest absolute Gasteiger partial charge is 0.308 e. The van der Waals surface area contributed by atoms with Crippen LogP contribution in [0.5, 0.6) is 0 Å². The summed E-state index contributed by atoms with van der Waals surface area (Å²) >= 11 is 16.7. The van der Waals surface area contributed by atoms with Crippen molar-refractivity contribution in [1.29, 1.82) is 0 Å². The number of hydrogen-bond acceptors (Lipinski definition) is 2. The molecule has 1 amide bonds. The minimum atomic E-state index is -2.07. The summed E-state index contributed by atoms with van der Waals surface area (Å²) in [5.41, 5.74) is 0. The topological polar surface area (TPSA) is 57.6 Å². The van der Waals surface area contributed by atoms with Gasteiger partial charge in [-0.15, -0.1) is 0 Å². The second-order valence-corrected chi connectivity index (χ2v) is 6.31. The molecule has 0 aliphatic carbocycles. The first kappa shape index (κ1) is 18.6. The van der Waals surface area contributed by atoms with Crippen molar-refractivity contribution in [3.05, 3.63) is 12.2 Å². The van der Waals surface area contributed by atoms with Gasteiger partial charge in [-0.3, -0.25) is 9.59 Å². The van der Waals surface area contributed by atoms with Gasteiger partial charge in [0.1, 0.15) is 0 Å². The van der Waals surface area contributed by atoms with Crippen LogP contribution in [0.15, 0.2) is 12.2 Å². The Hall–Kier alpha value is -0.450. The molecule has 19 heavy (non-hydrogen) atoms. The van der Waals surface area contributed by atoms with Crippen LogP contribution in [0.3, 0.4) is 0 Å². The Bertz CT molecular complexity index is 340. The lowest BCUT2D eigenvalue weighted by Crippen LogP contribution is -2.43. The number of carbonyl (C=O) groups is 2. The van der Waals surface area contributed by atoms with Gasteiger partial charge in [0.2, 0.25) is 0 Å². The van der Waals surface area contributed by atoms with E-state index in [9.17, 15) is 9.59 Å². The molecule has 0 aromatic carbocycles. The maximum absolute atomic E-state index is 11.9. The van der Waals surface area contributed by atoms with E-state index < -0.39 is 21.6 Å². The quantitative estimate of drug-likeness (QED) is 0.576. The lowest BCUT2D eigenvalue weighted by atomic mass is 10.1. The van der Waals surface area contributed by atoms with Crippen LogP contribution in [-0.4, -0.2) is 38.8 Å². The molecule has 7 heteroatoms. The number of rotatable bonds is 7. The molecule has 0 saturated carbocycles. The first-order valence-electron chi connectivity index (χ1n) is 5.97. The number of hydrogen-bond donors (Lipinski definition) is 1. The number of amides is 1. The minimum absolute atomic E-state index is 0.0205. The van der Waals surface area contributed by atoms with Gasteiger partial charge in [0, 0.05) is 13.1 Å². The van der Waals surface area contributed by atoms with Gasteiger partial charge in [-0.2, -0.15) is 0 Å². The second-order valence-electron chi connectivity index (χ2n) is 4.03. The summed E-state index contributed by atoms with van der Waals surface area (Å²) in [5, 5.41) is 9.02. The average Bonchev–Trinajstić information content (AvgIpc) is 2.31. The Labute approximate surface area is 128 Å². The van der Waals surface area contributed by atoms with Gasteiger partial charge in [0.25, 0.3) is 9.70 Å². The molecule has 1 N–H and O–H groups in total. The van der Waals surface area contributed by atoms with Gasteiger partial charge in [0.05, 0.1) is 5.92 Å². The molecule has 0 spiro atoms. The maximum Gasteiger partial charge on any atom is 0.308 e. The summed E-state index contributed by atoms with van der Waals surface area (Å²) in [6.45, 7) is 3.93. The number of carboxylic acid groups (broad SMARTS) is 1. The van der Waals surface area contributed by atoms with Crippen LogP contribution in [0, 0.1) is 5.92 Å². The summed E-state index contributed by atoms with van der Waals surface area (Å²) in [5.74, 6) is -2.35. The van der Waals surface area contributed by atoms with Crippen molar-refractivity contribution < 1.29 is 14.7 Å². The third-order valence-electron chi connectivity index (χ3n) is 2.54. The fraction of sp³-hybridized carbons (Fsp3) is 0.667. The highest BCUT2D eigenvalue weighted by Crippen LogP contribution is 2.29. The standard InChI is InChI=1S/C12H18Cl3NO3/c1-3-5-6-7-16(11(19)12(13,14)15)8-9(4-2)10(17)18/h5-6,9H,3-4,7-8H2,1-2H3,(H,17,18)/b6-5+. The van der Waals surface area contributed by atoms with E-state index in [2.05, 4.69) is 0 Å². The fourth-order valence-corrected chi connectivity index (χ4v) is 1.79. The molecule has 0 aromatic heterocycles. The predicted octanol–water partition coefficient (Wildman–Crippen LogP) is 3.26. The Morgan fingerprint density at radius 1 is 1.26 bits per heavy atom. The van der Waals surface area contributed by atoms with E-state index in [1.165, 1.54) is 4.90 Å². The van der Waals surface area contributed by atoms with Gasteiger partial charge < -0.3 is 10.0 Å². The van der Waals surface area contributed by atoms with E-state index in [0.717, 1.165) is 6.42 Å². The van der Waals surface area contributed by atoms with Crippen LogP contribution in [0.4, 0.5) is 0 Å². The SMILES string of the molecule is CC/C=C/CN(CC(CC)C(=O)O)C(=O)C(Cl)(Cl)Cl. The summed E-state index contributed by atoms with van der Waals surface area (Å²) in [6, 6.07) is 0. The van der Waals surface area contributed by atoms with Crippen molar-refractivity contribution in [2.24, 2.45) is 5.92 Å². The van der Waals surface area contributed by atoms with Crippen LogP contribution < -0.4 is 0 Å². The van der Waals surface area contributed by atoms with E-state index in [4.69, 9.17) is 39.9 Å². The third kappa shape index (κ3) is 7.04. The lowest BCUT2D eigenvalue weighted by Gasteiger charge is -2.27. The molecule has 1 atom stereocenters. The highest BCUT2D eigenvalue weighted by atomic mass is 35.6. The molecule has 0 aliphatic heterocycles. The van der Waals surface area contributed by atoms with Crippen molar-refractivity contribution in [2.45, 2.75) is 30.5 Å². The summed E-state index contributed by atoms with van der Waals surface area (Å²) in [6.07, 6.45) is 4.83. The monoisotopic (exact) mass is 329 g/mol. The molecule has 0 fully saturated rings. The Morgan fingerprint density at radius 3 is 2.21 bits per heavy atom. The van der Waals surface area contributed by atoms with E-state index >= 15 is 0 Å². The third-order valence-corrected chi connectivity index (χ3v) is 3.03. The molecular formula is C12H18Cl3NO3. The molecule has 0 heterocycles. The zero-order valence-corrected chi connectivity index (χ0v) is 13.2. The van der Waals surface area contributed by atoms with E-state index in [0.29, 0.717) is 6.42 Å². The number of carboxylic acids is 1. The van der Waals surface area contributed by atoms with E-state index in [1.54, 1.807) is 13.0 Å². The number of nitrogens with zero attached hydrogens (tertiary/aromatic N) is 1. The molecule has 0 aliphatic rings. The van der Waals surface area contributed by atoms with Gasteiger partial charge in [-0.25, -0.2) is 0 Å².